The van der Waals surface area contributed by atoms with Crippen LogP contribution in [-0.4, -0.2) is 25.9 Å². The molecule has 24 heavy (non-hydrogen) atoms. The molecule has 0 fully saturated rings. The lowest BCUT2D eigenvalue weighted by atomic mass is 9.85. The molecule has 0 saturated heterocycles. The molecule has 2 N–H and O–H groups in total. The summed E-state index contributed by atoms with van der Waals surface area (Å²) >= 11 is 0. The number of hydrogen-bond acceptors (Lipinski definition) is 3. The average molecular weight is 323 g/mol. The van der Waals surface area contributed by atoms with Gasteiger partial charge in [-0.3, -0.25) is 9.59 Å². The van der Waals surface area contributed by atoms with E-state index in [0.29, 0.717) is 5.56 Å². The standard InChI is InChI=1S/C19H21N3O2/c1-19(2)15-11-12(5-10-16(15)21-18(19)24)17(23)20-13-6-8-14(9-7-13)22(3)4/h5-11H,1-4H3,(H,20,23)(H,21,24). The Morgan fingerprint density at radius 2 is 1.75 bits per heavy atom. The van der Waals surface area contributed by atoms with Crippen molar-refractivity contribution < 1.29 is 9.59 Å². The Kier molecular flexibility index (Phi) is 3.79. The van der Waals surface area contributed by atoms with Crippen molar-refractivity contribution in [1.82, 2.24) is 0 Å². The molecule has 3 rings (SSSR count). The van der Waals surface area contributed by atoms with Gasteiger partial charge in [0, 0.05) is 36.7 Å². The molecule has 0 saturated carbocycles. The normalized spacial score (nSPS) is 14.8. The highest BCUT2D eigenvalue weighted by Crippen LogP contribution is 2.37. The van der Waals surface area contributed by atoms with Crippen molar-refractivity contribution in [3.05, 3.63) is 53.6 Å². The first-order valence-electron chi connectivity index (χ1n) is 7.84. The summed E-state index contributed by atoms with van der Waals surface area (Å²) in [6, 6.07) is 12.9. The van der Waals surface area contributed by atoms with Gasteiger partial charge >= 0.3 is 0 Å². The van der Waals surface area contributed by atoms with Crippen LogP contribution in [-0.2, 0) is 10.2 Å². The van der Waals surface area contributed by atoms with E-state index in [2.05, 4.69) is 10.6 Å². The number of nitrogens with zero attached hydrogens (tertiary/aromatic N) is 1. The lowest BCUT2D eigenvalue weighted by Gasteiger charge is -2.16. The smallest absolute Gasteiger partial charge is 0.255 e. The molecule has 0 atom stereocenters. The minimum Gasteiger partial charge on any atom is -0.378 e. The monoisotopic (exact) mass is 323 g/mol. The van der Waals surface area contributed by atoms with Crippen LogP contribution in [0.5, 0.6) is 0 Å². The molecule has 1 heterocycles. The van der Waals surface area contributed by atoms with Crippen molar-refractivity contribution in [1.29, 1.82) is 0 Å². The second kappa shape index (κ2) is 5.67. The highest BCUT2D eigenvalue weighted by molar-refractivity contribution is 6.09. The third-order valence-electron chi connectivity index (χ3n) is 4.41. The van der Waals surface area contributed by atoms with E-state index in [9.17, 15) is 9.59 Å². The molecule has 1 aliphatic rings. The molecular formula is C19H21N3O2. The van der Waals surface area contributed by atoms with Crippen LogP contribution in [0.3, 0.4) is 0 Å². The third-order valence-corrected chi connectivity index (χ3v) is 4.41. The molecule has 1 aliphatic heterocycles. The fourth-order valence-corrected chi connectivity index (χ4v) is 2.76. The average Bonchev–Trinajstić information content (AvgIpc) is 2.77. The van der Waals surface area contributed by atoms with Gasteiger partial charge in [0.15, 0.2) is 0 Å². The Bertz CT molecular complexity index is 808. The molecule has 5 heteroatoms. The molecule has 124 valence electrons. The highest BCUT2D eigenvalue weighted by Gasteiger charge is 2.38. The lowest BCUT2D eigenvalue weighted by molar-refractivity contribution is -0.119. The van der Waals surface area contributed by atoms with Crippen molar-refractivity contribution in [2.45, 2.75) is 19.3 Å². The van der Waals surface area contributed by atoms with Gasteiger partial charge in [0.05, 0.1) is 5.41 Å². The molecule has 0 spiro atoms. The van der Waals surface area contributed by atoms with Gasteiger partial charge in [-0.05, 0) is 61.9 Å². The summed E-state index contributed by atoms with van der Waals surface area (Å²) in [5.41, 5.74) is 3.34. The summed E-state index contributed by atoms with van der Waals surface area (Å²) in [4.78, 5) is 26.5. The number of amides is 2. The number of rotatable bonds is 3. The van der Waals surface area contributed by atoms with Crippen molar-refractivity contribution >= 4 is 28.9 Å². The van der Waals surface area contributed by atoms with Gasteiger partial charge in [-0.1, -0.05) is 0 Å². The molecule has 0 unspecified atom stereocenters. The molecule has 0 aliphatic carbocycles. The maximum absolute atomic E-state index is 12.5. The zero-order chi connectivity index (χ0) is 17.5. The molecule has 0 radical (unpaired) electrons. The first-order valence-corrected chi connectivity index (χ1v) is 7.84. The van der Waals surface area contributed by atoms with Gasteiger partial charge in [0.25, 0.3) is 5.91 Å². The summed E-state index contributed by atoms with van der Waals surface area (Å²) in [5, 5.41) is 5.74. The van der Waals surface area contributed by atoms with Gasteiger partial charge in [-0.25, -0.2) is 0 Å². The number of carbonyl (C=O) groups excluding carboxylic acids is 2. The molecule has 2 amide bonds. The van der Waals surface area contributed by atoms with Crippen LogP contribution in [0, 0.1) is 0 Å². The SMILES string of the molecule is CN(C)c1ccc(NC(=O)c2ccc3c(c2)C(C)(C)C(=O)N3)cc1. The summed E-state index contributed by atoms with van der Waals surface area (Å²) in [5.74, 6) is -0.236. The molecular weight excluding hydrogens is 302 g/mol. The van der Waals surface area contributed by atoms with Crippen LogP contribution in [0.1, 0.15) is 29.8 Å². The Hall–Kier alpha value is -2.82. The summed E-state index contributed by atoms with van der Waals surface area (Å²) in [7, 11) is 3.93. The molecule has 2 aromatic carbocycles. The predicted octanol–water partition coefficient (Wildman–Crippen LogP) is 3.23. The van der Waals surface area contributed by atoms with E-state index >= 15 is 0 Å². The van der Waals surface area contributed by atoms with E-state index in [-0.39, 0.29) is 11.8 Å². The topological polar surface area (TPSA) is 61.4 Å². The largest absolute Gasteiger partial charge is 0.378 e. The summed E-state index contributed by atoms with van der Waals surface area (Å²) in [6.07, 6.45) is 0. The fourth-order valence-electron chi connectivity index (χ4n) is 2.76. The molecule has 2 aromatic rings. The van der Waals surface area contributed by atoms with Gasteiger partial charge < -0.3 is 15.5 Å². The van der Waals surface area contributed by atoms with Crippen LogP contribution in [0.2, 0.25) is 0 Å². The van der Waals surface area contributed by atoms with Crippen molar-refractivity contribution in [3.8, 4) is 0 Å². The quantitative estimate of drug-likeness (QED) is 0.911. The minimum atomic E-state index is -0.626. The number of carbonyl (C=O) groups is 2. The third kappa shape index (κ3) is 2.73. The lowest BCUT2D eigenvalue weighted by Crippen LogP contribution is -2.27. The van der Waals surface area contributed by atoms with Crippen LogP contribution in [0.4, 0.5) is 17.1 Å². The summed E-state index contributed by atoms with van der Waals surface area (Å²) in [6.45, 7) is 3.71. The number of fused-ring (bicyclic) bond motifs is 1. The molecule has 5 nitrogen and oxygen atoms in total. The van der Waals surface area contributed by atoms with Gasteiger partial charge in [-0.2, -0.15) is 0 Å². The Morgan fingerprint density at radius 1 is 1.08 bits per heavy atom. The Balaban J connectivity index is 1.82. The highest BCUT2D eigenvalue weighted by atomic mass is 16.2. The van der Waals surface area contributed by atoms with E-state index in [4.69, 9.17) is 0 Å². The predicted molar refractivity (Wildman–Crippen MR) is 96.8 cm³/mol. The molecule has 0 bridgehead atoms. The maximum Gasteiger partial charge on any atom is 0.255 e. The van der Waals surface area contributed by atoms with E-state index in [1.54, 1.807) is 18.2 Å². The van der Waals surface area contributed by atoms with Crippen molar-refractivity contribution in [2.24, 2.45) is 0 Å². The number of hydrogen-bond donors (Lipinski definition) is 2. The first kappa shape index (κ1) is 16.1. The minimum absolute atomic E-state index is 0.0469. The van der Waals surface area contributed by atoms with E-state index in [1.165, 1.54) is 0 Å². The van der Waals surface area contributed by atoms with Crippen molar-refractivity contribution in [3.63, 3.8) is 0 Å². The zero-order valence-electron chi connectivity index (χ0n) is 14.3. The number of benzene rings is 2. The number of nitrogens with one attached hydrogen (secondary N) is 2. The van der Waals surface area contributed by atoms with Gasteiger partial charge in [0.2, 0.25) is 5.91 Å². The second-order valence-electron chi connectivity index (χ2n) is 6.73. The van der Waals surface area contributed by atoms with Crippen LogP contribution in [0.25, 0.3) is 0 Å². The maximum atomic E-state index is 12.5. The van der Waals surface area contributed by atoms with Crippen LogP contribution in [0.15, 0.2) is 42.5 Å². The second-order valence-corrected chi connectivity index (χ2v) is 6.73. The van der Waals surface area contributed by atoms with E-state index in [0.717, 1.165) is 22.6 Å². The van der Waals surface area contributed by atoms with Gasteiger partial charge in [-0.15, -0.1) is 0 Å². The number of anilines is 3. The fraction of sp³-hybridized carbons (Fsp3) is 0.263. The van der Waals surface area contributed by atoms with Crippen LogP contribution >= 0.6 is 0 Å². The Morgan fingerprint density at radius 3 is 2.38 bits per heavy atom. The Labute approximate surface area is 141 Å². The van der Waals surface area contributed by atoms with E-state index < -0.39 is 5.41 Å². The molecule has 0 aromatic heterocycles. The van der Waals surface area contributed by atoms with Gasteiger partial charge in [0.1, 0.15) is 0 Å². The van der Waals surface area contributed by atoms with Crippen LogP contribution < -0.4 is 15.5 Å². The van der Waals surface area contributed by atoms with E-state index in [1.807, 2.05) is 57.1 Å². The van der Waals surface area contributed by atoms with Crippen molar-refractivity contribution in [2.75, 3.05) is 29.6 Å². The summed E-state index contributed by atoms with van der Waals surface area (Å²) < 4.78 is 0. The first-order chi connectivity index (χ1) is 11.3. The zero-order valence-corrected chi connectivity index (χ0v) is 14.3.